The molecule has 0 bridgehead atoms. The fourth-order valence-corrected chi connectivity index (χ4v) is 5.36. The van der Waals surface area contributed by atoms with Crippen molar-refractivity contribution in [3.05, 3.63) is 59.7 Å². The molecule has 10 nitrogen and oxygen atoms in total. The van der Waals surface area contributed by atoms with E-state index in [0.29, 0.717) is 48.7 Å². The zero-order valence-electron chi connectivity index (χ0n) is 27.8. The van der Waals surface area contributed by atoms with Crippen molar-refractivity contribution in [1.29, 1.82) is 0 Å². The van der Waals surface area contributed by atoms with Crippen LogP contribution in [0.4, 0.5) is 5.69 Å². The van der Waals surface area contributed by atoms with Crippen LogP contribution in [0.3, 0.4) is 0 Å². The lowest BCUT2D eigenvalue weighted by Gasteiger charge is -2.36. The van der Waals surface area contributed by atoms with Gasteiger partial charge in [-0.15, -0.1) is 0 Å². The second-order valence-corrected chi connectivity index (χ2v) is 12.5. The molecule has 2 aromatic carbocycles. The fourth-order valence-electron chi connectivity index (χ4n) is 5.36. The van der Waals surface area contributed by atoms with Crippen molar-refractivity contribution in [3.63, 3.8) is 0 Å². The Balaban J connectivity index is 1.89. The van der Waals surface area contributed by atoms with E-state index in [-0.39, 0.29) is 42.5 Å². The van der Waals surface area contributed by atoms with Crippen LogP contribution in [0.1, 0.15) is 73.6 Å². The number of benzene rings is 2. The molecule has 0 fully saturated rings. The Morgan fingerprint density at radius 2 is 1.82 bits per heavy atom. The maximum Gasteiger partial charge on any atom is 0.258 e. The second-order valence-electron chi connectivity index (χ2n) is 12.5. The van der Waals surface area contributed by atoms with E-state index in [0.717, 1.165) is 32.2 Å². The summed E-state index contributed by atoms with van der Waals surface area (Å²) in [5.41, 5.74) is 1.28. The number of carbonyl (C=O) groups excluding carboxylic acids is 3. The van der Waals surface area contributed by atoms with Crippen LogP contribution < -0.4 is 10.1 Å². The van der Waals surface area contributed by atoms with E-state index in [9.17, 15) is 19.5 Å². The topological polar surface area (TPSA) is 112 Å². The predicted molar refractivity (Wildman–Crippen MR) is 177 cm³/mol. The van der Waals surface area contributed by atoms with E-state index >= 15 is 0 Å². The number of likely N-dealkylation sites (N-methyl/N-ethyl adjacent to an activating group) is 1. The molecule has 0 unspecified atom stereocenters. The van der Waals surface area contributed by atoms with Gasteiger partial charge in [0.1, 0.15) is 5.75 Å². The molecule has 248 valence electrons. The van der Waals surface area contributed by atoms with Gasteiger partial charge in [0.25, 0.3) is 11.8 Å². The van der Waals surface area contributed by atoms with Crippen LogP contribution >= 0.6 is 0 Å². The van der Waals surface area contributed by atoms with Crippen LogP contribution in [0, 0.1) is 5.92 Å². The number of aliphatic hydroxyl groups is 1. The molecular formula is C35H52N4O6. The van der Waals surface area contributed by atoms with Gasteiger partial charge in [0.2, 0.25) is 5.91 Å². The van der Waals surface area contributed by atoms with Gasteiger partial charge in [-0.25, -0.2) is 0 Å². The first kappa shape index (κ1) is 36.0. The van der Waals surface area contributed by atoms with Gasteiger partial charge in [-0.1, -0.05) is 25.1 Å². The van der Waals surface area contributed by atoms with Crippen molar-refractivity contribution in [2.45, 2.75) is 71.1 Å². The summed E-state index contributed by atoms with van der Waals surface area (Å²) in [6.45, 7) is 7.64. The first-order chi connectivity index (χ1) is 21.5. The third kappa shape index (κ3) is 11.1. The summed E-state index contributed by atoms with van der Waals surface area (Å²) in [4.78, 5) is 45.5. The number of carbonyl (C=O) groups is 3. The molecule has 0 spiro atoms. The molecular weight excluding hydrogens is 572 g/mol. The molecule has 1 aliphatic heterocycles. The molecule has 0 saturated carbocycles. The van der Waals surface area contributed by atoms with E-state index in [4.69, 9.17) is 9.47 Å². The molecule has 0 aromatic heterocycles. The third-order valence-electron chi connectivity index (χ3n) is 8.22. The molecule has 4 atom stereocenters. The van der Waals surface area contributed by atoms with Gasteiger partial charge in [-0.2, -0.15) is 0 Å². The maximum absolute atomic E-state index is 14.3. The minimum Gasteiger partial charge on any atom is -0.490 e. The van der Waals surface area contributed by atoms with Gasteiger partial charge in [0, 0.05) is 50.3 Å². The third-order valence-corrected chi connectivity index (χ3v) is 8.22. The summed E-state index contributed by atoms with van der Waals surface area (Å²) < 4.78 is 12.7. The van der Waals surface area contributed by atoms with Gasteiger partial charge in [-0.05, 0) is 90.5 Å². The molecule has 0 radical (unpaired) electrons. The number of amides is 3. The number of hydrogen-bond acceptors (Lipinski definition) is 7. The number of rotatable bonds is 10. The van der Waals surface area contributed by atoms with E-state index in [1.54, 1.807) is 66.2 Å². The molecule has 1 heterocycles. The van der Waals surface area contributed by atoms with Gasteiger partial charge in [0.05, 0.1) is 30.4 Å². The second kappa shape index (κ2) is 17.9. The average Bonchev–Trinajstić information content (AvgIpc) is 3.02. The highest BCUT2D eigenvalue weighted by Crippen LogP contribution is 2.29. The quantitative estimate of drug-likeness (QED) is 0.400. The molecule has 2 aromatic rings. The minimum absolute atomic E-state index is 0.0636. The standard InChI is InChI=1S/C35H52N4O6/c1-25-22-39(26(2)24-40)35(43)30-21-29(36-34(42)28-14-8-7-9-15-28)17-18-31(30)45-27(3)13-10-11-20-44-32(25)23-38(6)33(41)16-12-19-37(4)5/h7-9,14-15,17-18,21,25-27,32,40H,10-13,16,19-20,22-24H2,1-6H3,(H,36,42)/t25-,26+,27-,32+/m1/s1. The lowest BCUT2D eigenvalue weighted by molar-refractivity contribution is -0.132. The van der Waals surface area contributed by atoms with Crippen molar-refractivity contribution in [1.82, 2.24) is 14.7 Å². The van der Waals surface area contributed by atoms with Crippen LogP contribution in [-0.4, -0.2) is 110 Å². The van der Waals surface area contributed by atoms with Gasteiger partial charge >= 0.3 is 0 Å². The number of hydrogen-bond donors (Lipinski definition) is 2. The highest BCUT2D eigenvalue weighted by atomic mass is 16.5. The largest absolute Gasteiger partial charge is 0.490 e. The number of nitrogens with zero attached hydrogens (tertiary/aromatic N) is 3. The Morgan fingerprint density at radius 3 is 2.51 bits per heavy atom. The molecule has 0 aliphatic carbocycles. The number of fused-ring (bicyclic) bond motifs is 1. The van der Waals surface area contributed by atoms with Gasteiger partial charge in [-0.3, -0.25) is 14.4 Å². The zero-order chi connectivity index (χ0) is 32.9. The van der Waals surface area contributed by atoms with Crippen molar-refractivity contribution in [2.24, 2.45) is 5.92 Å². The van der Waals surface area contributed by atoms with Crippen molar-refractivity contribution < 1.29 is 29.0 Å². The Morgan fingerprint density at radius 1 is 1.09 bits per heavy atom. The fraction of sp³-hybridized carbons (Fsp3) is 0.571. The summed E-state index contributed by atoms with van der Waals surface area (Å²) in [6, 6.07) is 13.5. The Labute approximate surface area is 268 Å². The van der Waals surface area contributed by atoms with E-state index in [1.165, 1.54) is 0 Å². The Hall–Kier alpha value is -3.47. The summed E-state index contributed by atoms with van der Waals surface area (Å²) in [7, 11) is 5.79. The molecule has 1 aliphatic rings. The van der Waals surface area contributed by atoms with Crippen molar-refractivity contribution in [2.75, 3.05) is 59.3 Å². The van der Waals surface area contributed by atoms with Crippen molar-refractivity contribution in [3.8, 4) is 5.75 Å². The van der Waals surface area contributed by atoms with Crippen LogP contribution in [0.2, 0.25) is 0 Å². The summed E-state index contributed by atoms with van der Waals surface area (Å²) in [5.74, 6) is -0.250. The first-order valence-corrected chi connectivity index (χ1v) is 16.1. The highest BCUT2D eigenvalue weighted by molar-refractivity contribution is 6.05. The lowest BCUT2D eigenvalue weighted by Crippen LogP contribution is -2.48. The summed E-state index contributed by atoms with van der Waals surface area (Å²) >= 11 is 0. The lowest BCUT2D eigenvalue weighted by atomic mass is 10.0. The number of anilines is 1. The van der Waals surface area contributed by atoms with Crippen LogP contribution in [0.5, 0.6) is 5.75 Å². The molecule has 3 rings (SSSR count). The van der Waals surface area contributed by atoms with Crippen LogP contribution in [0.15, 0.2) is 48.5 Å². The molecule has 2 N–H and O–H groups in total. The zero-order valence-corrected chi connectivity index (χ0v) is 27.8. The minimum atomic E-state index is -0.494. The number of aliphatic hydroxyl groups excluding tert-OH is 1. The van der Waals surface area contributed by atoms with E-state index < -0.39 is 6.04 Å². The Kier molecular flexibility index (Phi) is 14.3. The van der Waals surface area contributed by atoms with Crippen LogP contribution in [0.25, 0.3) is 0 Å². The van der Waals surface area contributed by atoms with Gasteiger partial charge in [0.15, 0.2) is 0 Å². The van der Waals surface area contributed by atoms with Crippen molar-refractivity contribution >= 4 is 23.4 Å². The smallest absolute Gasteiger partial charge is 0.258 e. The molecule has 0 saturated heterocycles. The van der Waals surface area contributed by atoms with Gasteiger partial charge < -0.3 is 34.6 Å². The predicted octanol–water partition coefficient (Wildman–Crippen LogP) is 4.53. The average molecular weight is 625 g/mol. The summed E-state index contributed by atoms with van der Waals surface area (Å²) in [6.07, 6.45) is 3.26. The van der Waals surface area contributed by atoms with E-state index in [1.807, 2.05) is 34.0 Å². The van der Waals surface area contributed by atoms with Crippen LogP contribution in [-0.2, 0) is 9.53 Å². The van der Waals surface area contributed by atoms with E-state index in [2.05, 4.69) is 10.2 Å². The molecule has 3 amide bonds. The summed E-state index contributed by atoms with van der Waals surface area (Å²) in [5, 5.41) is 13.1. The number of nitrogens with one attached hydrogen (secondary N) is 1. The monoisotopic (exact) mass is 624 g/mol. The SMILES string of the molecule is C[C@@H]1CCCCO[C@@H](CN(C)C(=O)CCCN(C)C)[C@H](C)CN([C@@H](C)CO)C(=O)c2cc(NC(=O)c3ccccc3)ccc2O1. The highest BCUT2D eigenvalue weighted by Gasteiger charge is 2.31. The molecule has 10 heteroatoms. The maximum atomic E-state index is 14.3. The normalized spacial score (nSPS) is 20.5. The number of ether oxygens (including phenoxy) is 2. The molecule has 45 heavy (non-hydrogen) atoms. The Bertz CT molecular complexity index is 1240. The first-order valence-electron chi connectivity index (χ1n) is 16.1.